The van der Waals surface area contributed by atoms with Gasteiger partial charge in [0.15, 0.2) is 5.65 Å². The van der Waals surface area contributed by atoms with E-state index >= 15 is 0 Å². The van der Waals surface area contributed by atoms with Crippen LogP contribution < -0.4 is 5.73 Å². The van der Waals surface area contributed by atoms with E-state index < -0.39 is 0 Å². The zero-order chi connectivity index (χ0) is 15.1. The van der Waals surface area contributed by atoms with Gasteiger partial charge in [-0.3, -0.25) is 4.57 Å². The molecule has 0 radical (unpaired) electrons. The molecule has 0 aliphatic heterocycles. The predicted octanol–water partition coefficient (Wildman–Crippen LogP) is 3.20. The van der Waals surface area contributed by atoms with Gasteiger partial charge >= 0.3 is 0 Å². The molecule has 3 aromatic rings. The van der Waals surface area contributed by atoms with E-state index in [2.05, 4.69) is 32.9 Å². The number of aryl methyl sites for hydroxylation is 2. The molecule has 2 aromatic heterocycles. The molecule has 0 aliphatic carbocycles. The number of nitrogen functional groups attached to an aromatic ring is 1. The van der Waals surface area contributed by atoms with Gasteiger partial charge in [0.2, 0.25) is 5.95 Å². The third kappa shape index (κ3) is 2.21. The highest BCUT2D eigenvalue weighted by Crippen LogP contribution is 2.30. The maximum Gasteiger partial charge on any atom is 0.207 e. The SMILES string of the molecule is CCCc1nn(C)c2c1nc(N)n2-c1ccc(F)cc1Br. The van der Waals surface area contributed by atoms with Gasteiger partial charge in [0.1, 0.15) is 11.3 Å². The number of aromatic nitrogens is 4. The van der Waals surface area contributed by atoms with Crippen molar-refractivity contribution in [3.63, 3.8) is 0 Å². The fraction of sp³-hybridized carbons (Fsp3) is 0.286. The van der Waals surface area contributed by atoms with Gasteiger partial charge in [-0.15, -0.1) is 0 Å². The van der Waals surface area contributed by atoms with Crippen molar-refractivity contribution >= 4 is 33.0 Å². The van der Waals surface area contributed by atoms with Crippen molar-refractivity contribution < 1.29 is 4.39 Å². The van der Waals surface area contributed by atoms with Crippen LogP contribution >= 0.6 is 15.9 Å². The lowest BCUT2D eigenvalue weighted by Gasteiger charge is -2.09. The second-order valence-electron chi connectivity index (χ2n) is 4.89. The largest absolute Gasteiger partial charge is 0.369 e. The van der Waals surface area contributed by atoms with Gasteiger partial charge in [0, 0.05) is 11.5 Å². The van der Waals surface area contributed by atoms with Gasteiger partial charge in [0.05, 0.1) is 11.4 Å². The molecule has 0 amide bonds. The molecule has 3 rings (SSSR count). The summed E-state index contributed by atoms with van der Waals surface area (Å²) in [6.07, 6.45) is 1.83. The molecule has 5 nitrogen and oxygen atoms in total. The minimum Gasteiger partial charge on any atom is -0.369 e. The Morgan fingerprint density at radius 1 is 1.38 bits per heavy atom. The van der Waals surface area contributed by atoms with Crippen LogP contribution in [-0.4, -0.2) is 19.3 Å². The number of halogens is 2. The summed E-state index contributed by atoms with van der Waals surface area (Å²) >= 11 is 3.38. The lowest BCUT2D eigenvalue weighted by Crippen LogP contribution is -2.05. The molecule has 0 bridgehead atoms. The number of benzene rings is 1. The lowest BCUT2D eigenvalue weighted by molar-refractivity contribution is 0.626. The van der Waals surface area contributed by atoms with Gasteiger partial charge in [-0.2, -0.15) is 5.10 Å². The fourth-order valence-corrected chi connectivity index (χ4v) is 3.03. The Hall–Kier alpha value is -1.89. The minimum absolute atomic E-state index is 0.308. The van der Waals surface area contributed by atoms with Crippen molar-refractivity contribution in [2.75, 3.05) is 5.73 Å². The topological polar surface area (TPSA) is 61.7 Å². The average molecular weight is 352 g/mol. The predicted molar refractivity (Wildman–Crippen MR) is 83.9 cm³/mol. The molecule has 21 heavy (non-hydrogen) atoms. The fourth-order valence-electron chi connectivity index (χ4n) is 2.50. The van der Waals surface area contributed by atoms with Crippen LogP contribution in [0.1, 0.15) is 19.0 Å². The van der Waals surface area contributed by atoms with E-state index in [4.69, 9.17) is 5.73 Å². The van der Waals surface area contributed by atoms with Gasteiger partial charge in [-0.05, 0) is 40.5 Å². The Bertz CT molecular complexity index is 820. The smallest absolute Gasteiger partial charge is 0.207 e. The Morgan fingerprint density at radius 3 is 2.81 bits per heavy atom. The summed E-state index contributed by atoms with van der Waals surface area (Å²) in [5.74, 6) is 0.0555. The third-order valence-corrected chi connectivity index (χ3v) is 4.00. The molecule has 2 heterocycles. The van der Waals surface area contributed by atoms with Crippen molar-refractivity contribution in [2.24, 2.45) is 7.05 Å². The molecule has 1 aromatic carbocycles. The molecule has 0 aliphatic rings. The van der Waals surface area contributed by atoms with E-state index in [9.17, 15) is 4.39 Å². The van der Waals surface area contributed by atoms with Gasteiger partial charge < -0.3 is 5.73 Å². The van der Waals surface area contributed by atoms with Gasteiger partial charge in [0.25, 0.3) is 0 Å². The summed E-state index contributed by atoms with van der Waals surface area (Å²) < 4.78 is 17.4. The molecule has 0 atom stereocenters. The molecular weight excluding hydrogens is 337 g/mol. The minimum atomic E-state index is -0.308. The second kappa shape index (κ2) is 5.14. The van der Waals surface area contributed by atoms with E-state index in [0.29, 0.717) is 10.4 Å². The third-order valence-electron chi connectivity index (χ3n) is 3.37. The lowest BCUT2D eigenvalue weighted by atomic mass is 10.2. The molecule has 0 fully saturated rings. The summed E-state index contributed by atoms with van der Waals surface area (Å²) in [5.41, 5.74) is 9.34. The zero-order valence-electron chi connectivity index (χ0n) is 11.8. The molecule has 0 unspecified atom stereocenters. The first-order chi connectivity index (χ1) is 10.0. The molecule has 2 N–H and O–H groups in total. The summed E-state index contributed by atoms with van der Waals surface area (Å²) in [7, 11) is 1.86. The van der Waals surface area contributed by atoms with E-state index in [1.807, 2.05) is 7.05 Å². The van der Waals surface area contributed by atoms with E-state index in [1.54, 1.807) is 15.3 Å². The standard InChI is InChI=1S/C14H15BrFN5/c1-3-4-10-12-13(20(2)19-10)21(14(17)18-12)11-6-5-8(16)7-9(11)15/h5-7H,3-4H2,1-2H3,(H2,17,18). The Kier molecular flexibility index (Phi) is 3.44. The summed E-state index contributed by atoms with van der Waals surface area (Å²) in [6, 6.07) is 4.47. The van der Waals surface area contributed by atoms with Crippen LogP contribution in [0.2, 0.25) is 0 Å². The van der Waals surface area contributed by atoms with Crippen molar-refractivity contribution in [3.05, 3.63) is 34.2 Å². The maximum atomic E-state index is 13.3. The van der Waals surface area contributed by atoms with Crippen LogP contribution in [0.3, 0.4) is 0 Å². The molecule has 0 saturated heterocycles. The van der Waals surface area contributed by atoms with Crippen LogP contribution in [0.15, 0.2) is 22.7 Å². The van der Waals surface area contributed by atoms with Crippen LogP contribution in [0, 0.1) is 5.82 Å². The summed E-state index contributed by atoms with van der Waals surface area (Å²) in [6.45, 7) is 2.09. The highest BCUT2D eigenvalue weighted by molar-refractivity contribution is 9.10. The molecule has 7 heteroatoms. The Balaban J connectivity index is 2.30. The van der Waals surface area contributed by atoms with E-state index in [1.165, 1.54) is 12.1 Å². The number of rotatable bonds is 3. The number of nitrogens with two attached hydrogens (primary N) is 1. The Morgan fingerprint density at radius 2 is 2.14 bits per heavy atom. The first-order valence-electron chi connectivity index (χ1n) is 6.68. The summed E-state index contributed by atoms with van der Waals surface area (Å²) in [5, 5.41) is 4.50. The quantitative estimate of drug-likeness (QED) is 0.788. The van der Waals surface area contributed by atoms with Crippen LogP contribution in [0.4, 0.5) is 10.3 Å². The molecule has 0 saturated carbocycles. The van der Waals surface area contributed by atoms with Crippen molar-refractivity contribution in [3.8, 4) is 5.69 Å². The number of nitrogens with zero attached hydrogens (tertiary/aromatic N) is 4. The Labute approximate surface area is 129 Å². The van der Waals surface area contributed by atoms with Crippen molar-refractivity contribution in [1.29, 1.82) is 0 Å². The normalized spacial score (nSPS) is 11.4. The monoisotopic (exact) mass is 351 g/mol. The highest BCUT2D eigenvalue weighted by atomic mass is 79.9. The highest BCUT2D eigenvalue weighted by Gasteiger charge is 2.19. The maximum absolute atomic E-state index is 13.3. The number of fused-ring (bicyclic) bond motifs is 1. The van der Waals surface area contributed by atoms with Gasteiger partial charge in [-0.25, -0.2) is 14.1 Å². The first kappa shape index (κ1) is 14.1. The number of hydrogen-bond donors (Lipinski definition) is 1. The van der Waals surface area contributed by atoms with Gasteiger partial charge in [-0.1, -0.05) is 13.3 Å². The second-order valence-corrected chi connectivity index (χ2v) is 5.75. The summed E-state index contributed by atoms with van der Waals surface area (Å²) in [4.78, 5) is 4.44. The molecular formula is C14H15BrFN5. The van der Waals surface area contributed by atoms with E-state index in [0.717, 1.165) is 35.4 Å². The van der Waals surface area contributed by atoms with Crippen molar-refractivity contribution in [1.82, 2.24) is 19.3 Å². The number of imidazole rings is 1. The number of hydrogen-bond acceptors (Lipinski definition) is 3. The van der Waals surface area contributed by atoms with E-state index in [-0.39, 0.29) is 5.82 Å². The van der Waals surface area contributed by atoms with Crippen LogP contribution in [-0.2, 0) is 13.5 Å². The molecule has 110 valence electrons. The number of anilines is 1. The first-order valence-corrected chi connectivity index (χ1v) is 7.47. The average Bonchev–Trinajstić information content (AvgIpc) is 2.89. The molecule has 0 spiro atoms. The zero-order valence-corrected chi connectivity index (χ0v) is 13.4. The van der Waals surface area contributed by atoms with Crippen molar-refractivity contribution in [2.45, 2.75) is 19.8 Å². The van der Waals surface area contributed by atoms with Crippen LogP contribution in [0.5, 0.6) is 0 Å². The van der Waals surface area contributed by atoms with Crippen LogP contribution in [0.25, 0.3) is 16.9 Å².